The van der Waals surface area contributed by atoms with Gasteiger partial charge in [0.2, 0.25) is 0 Å². The monoisotopic (exact) mass is 272 g/mol. The molecule has 1 aromatic carbocycles. The Morgan fingerprint density at radius 2 is 1.90 bits per heavy atom. The number of ether oxygens (including phenoxy) is 1. The molecule has 108 valence electrons. The smallest absolute Gasteiger partial charge is 0.163 e. The van der Waals surface area contributed by atoms with E-state index in [0.717, 1.165) is 29.7 Å². The van der Waals surface area contributed by atoms with Gasteiger partial charge in [0.25, 0.3) is 0 Å². The lowest BCUT2D eigenvalue weighted by Crippen LogP contribution is -2.27. The van der Waals surface area contributed by atoms with Gasteiger partial charge in [-0.3, -0.25) is 4.79 Å². The number of ketones is 1. The maximum Gasteiger partial charge on any atom is 0.163 e. The Morgan fingerprint density at radius 1 is 1.25 bits per heavy atom. The van der Waals surface area contributed by atoms with Gasteiger partial charge in [-0.1, -0.05) is 31.6 Å². The molecular weight excluding hydrogens is 248 g/mol. The predicted octanol–water partition coefficient (Wildman–Crippen LogP) is 4.33. The van der Waals surface area contributed by atoms with Gasteiger partial charge in [0.15, 0.2) is 5.78 Å². The maximum absolute atomic E-state index is 12.7. The van der Waals surface area contributed by atoms with Crippen LogP contribution in [0.15, 0.2) is 35.4 Å². The van der Waals surface area contributed by atoms with E-state index in [9.17, 15) is 4.79 Å². The zero-order valence-electron chi connectivity index (χ0n) is 13.0. The summed E-state index contributed by atoms with van der Waals surface area (Å²) in [7, 11) is 1.65. The fourth-order valence-corrected chi connectivity index (χ4v) is 3.26. The normalized spacial score (nSPS) is 18.0. The van der Waals surface area contributed by atoms with Crippen LogP contribution in [0.3, 0.4) is 0 Å². The zero-order valence-corrected chi connectivity index (χ0v) is 13.0. The molecule has 0 unspecified atom stereocenters. The van der Waals surface area contributed by atoms with Crippen LogP contribution in [0.5, 0.6) is 5.75 Å². The van der Waals surface area contributed by atoms with Crippen LogP contribution >= 0.6 is 0 Å². The van der Waals surface area contributed by atoms with Crippen LogP contribution in [-0.2, 0) is 11.2 Å². The standard InChI is InChI=1S/C18H24O2/c1-13-6-5-11-18(2,3)17(13)16(19)12-14-7-9-15(20-4)10-8-14/h7-10H,5-6,11-12H2,1-4H3. The number of carbonyl (C=O) groups excluding carboxylic acids is 1. The highest BCUT2D eigenvalue weighted by atomic mass is 16.5. The van der Waals surface area contributed by atoms with Crippen molar-refractivity contribution in [3.8, 4) is 5.75 Å². The van der Waals surface area contributed by atoms with Crippen molar-refractivity contribution >= 4 is 5.78 Å². The highest BCUT2D eigenvalue weighted by Crippen LogP contribution is 2.40. The number of methoxy groups -OCH3 is 1. The summed E-state index contributed by atoms with van der Waals surface area (Å²) in [5.74, 6) is 1.10. The van der Waals surface area contributed by atoms with Gasteiger partial charge in [-0.25, -0.2) is 0 Å². The molecule has 2 heteroatoms. The van der Waals surface area contributed by atoms with Crippen LogP contribution in [0, 0.1) is 5.41 Å². The Kier molecular flexibility index (Phi) is 4.32. The molecule has 0 aliphatic heterocycles. The largest absolute Gasteiger partial charge is 0.497 e. The summed E-state index contributed by atoms with van der Waals surface area (Å²) in [6.45, 7) is 6.50. The van der Waals surface area contributed by atoms with Crippen LogP contribution < -0.4 is 4.74 Å². The summed E-state index contributed by atoms with van der Waals surface area (Å²) in [6, 6.07) is 7.77. The predicted molar refractivity (Wildman–Crippen MR) is 82.0 cm³/mol. The van der Waals surface area contributed by atoms with E-state index in [-0.39, 0.29) is 11.2 Å². The molecule has 0 N–H and O–H groups in total. The molecule has 20 heavy (non-hydrogen) atoms. The Labute approximate surface area is 121 Å². The van der Waals surface area contributed by atoms with Crippen LogP contribution in [0.2, 0.25) is 0 Å². The Balaban J connectivity index is 2.18. The van der Waals surface area contributed by atoms with Crippen LogP contribution in [0.25, 0.3) is 0 Å². The molecule has 0 saturated carbocycles. The number of allylic oxidation sites excluding steroid dienone is 2. The third-order valence-electron chi connectivity index (χ3n) is 4.26. The number of rotatable bonds is 4. The first-order chi connectivity index (χ1) is 9.44. The minimum absolute atomic E-state index is 0.0197. The first-order valence-electron chi connectivity index (χ1n) is 7.30. The third-order valence-corrected chi connectivity index (χ3v) is 4.26. The number of Topliss-reactive ketones (excluding diaryl/α,β-unsaturated/α-hetero) is 1. The van der Waals surface area contributed by atoms with Gasteiger partial charge in [-0.05, 0) is 49.3 Å². The minimum Gasteiger partial charge on any atom is -0.497 e. The lowest BCUT2D eigenvalue weighted by Gasteiger charge is -2.33. The van der Waals surface area contributed by atoms with Gasteiger partial charge >= 0.3 is 0 Å². The summed E-state index contributed by atoms with van der Waals surface area (Å²) in [5, 5.41) is 0. The van der Waals surface area contributed by atoms with E-state index in [0.29, 0.717) is 6.42 Å². The van der Waals surface area contributed by atoms with E-state index in [1.165, 1.54) is 12.0 Å². The molecule has 1 aromatic rings. The van der Waals surface area contributed by atoms with E-state index < -0.39 is 0 Å². The van der Waals surface area contributed by atoms with Crippen molar-refractivity contribution in [1.82, 2.24) is 0 Å². The van der Waals surface area contributed by atoms with Crippen molar-refractivity contribution in [2.45, 2.75) is 46.5 Å². The lowest BCUT2D eigenvalue weighted by molar-refractivity contribution is -0.116. The fraction of sp³-hybridized carbons (Fsp3) is 0.500. The minimum atomic E-state index is 0.0197. The fourth-order valence-electron chi connectivity index (χ4n) is 3.26. The average Bonchev–Trinajstić information content (AvgIpc) is 2.38. The van der Waals surface area contributed by atoms with Crippen LogP contribution in [0.1, 0.15) is 45.6 Å². The second kappa shape index (κ2) is 5.82. The van der Waals surface area contributed by atoms with Crippen LogP contribution in [-0.4, -0.2) is 12.9 Å². The molecule has 0 bridgehead atoms. The molecule has 0 spiro atoms. The topological polar surface area (TPSA) is 26.3 Å². The van der Waals surface area contributed by atoms with Crippen molar-refractivity contribution in [1.29, 1.82) is 0 Å². The number of hydrogen-bond donors (Lipinski definition) is 0. The molecule has 0 atom stereocenters. The SMILES string of the molecule is COc1ccc(CC(=O)C2=C(C)CCCC2(C)C)cc1. The van der Waals surface area contributed by atoms with Gasteiger partial charge < -0.3 is 4.74 Å². The summed E-state index contributed by atoms with van der Waals surface area (Å²) in [4.78, 5) is 12.7. The molecule has 0 saturated heterocycles. The molecule has 2 nitrogen and oxygen atoms in total. The molecule has 0 fully saturated rings. The second-order valence-corrected chi connectivity index (χ2v) is 6.34. The zero-order chi connectivity index (χ0) is 14.8. The quantitative estimate of drug-likeness (QED) is 0.815. The molecular formula is C18H24O2. The summed E-state index contributed by atoms with van der Waals surface area (Å²) in [5.41, 5.74) is 3.41. The van der Waals surface area contributed by atoms with E-state index >= 15 is 0 Å². The number of benzene rings is 1. The average molecular weight is 272 g/mol. The van der Waals surface area contributed by atoms with Crippen LogP contribution in [0.4, 0.5) is 0 Å². The first kappa shape index (κ1) is 14.8. The van der Waals surface area contributed by atoms with Crippen molar-refractivity contribution in [2.75, 3.05) is 7.11 Å². The number of carbonyl (C=O) groups is 1. The molecule has 0 aromatic heterocycles. The molecule has 1 aliphatic rings. The summed E-state index contributed by atoms with van der Waals surface area (Å²) in [6.07, 6.45) is 3.85. The molecule has 2 rings (SSSR count). The molecule has 0 heterocycles. The highest BCUT2D eigenvalue weighted by Gasteiger charge is 2.32. The van der Waals surface area contributed by atoms with Gasteiger partial charge in [-0.2, -0.15) is 0 Å². The molecule has 0 amide bonds. The van der Waals surface area contributed by atoms with Gasteiger partial charge in [0.1, 0.15) is 5.75 Å². The van der Waals surface area contributed by atoms with E-state index in [1.54, 1.807) is 7.11 Å². The highest BCUT2D eigenvalue weighted by molar-refractivity contribution is 5.98. The number of hydrogen-bond acceptors (Lipinski definition) is 2. The summed E-state index contributed by atoms with van der Waals surface area (Å²) >= 11 is 0. The summed E-state index contributed by atoms with van der Waals surface area (Å²) < 4.78 is 5.15. The van der Waals surface area contributed by atoms with Crippen molar-refractivity contribution in [3.63, 3.8) is 0 Å². The Hall–Kier alpha value is -1.57. The maximum atomic E-state index is 12.7. The lowest BCUT2D eigenvalue weighted by atomic mass is 9.70. The van der Waals surface area contributed by atoms with Gasteiger partial charge in [-0.15, -0.1) is 0 Å². The van der Waals surface area contributed by atoms with Crippen molar-refractivity contribution in [3.05, 3.63) is 41.0 Å². The van der Waals surface area contributed by atoms with E-state index in [2.05, 4.69) is 20.8 Å². The molecule has 1 aliphatic carbocycles. The second-order valence-electron chi connectivity index (χ2n) is 6.34. The molecule has 0 radical (unpaired) electrons. The van der Waals surface area contributed by atoms with E-state index in [4.69, 9.17) is 4.74 Å². The van der Waals surface area contributed by atoms with Crippen molar-refractivity contribution in [2.24, 2.45) is 5.41 Å². The Bertz CT molecular complexity index is 521. The Morgan fingerprint density at radius 3 is 2.45 bits per heavy atom. The third kappa shape index (κ3) is 3.12. The van der Waals surface area contributed by atoms with Gasteiger partial charge in [0, 0.05) is 12.0 Å². The van der Waals surface area contributed by atoms with Crippen molar-refractivity contribution < 1.29 is 9.53 Å². The first-order valence-corrected chi connectivity index (χ1v) is 7.30. The van der Waals surface area contributed by atoms with Gasteiger partial charge in [0.05, 0.1) is 7.11 Å². The van der Waals surface area contributed by atoms with E-state index in [1.807, 2.05) is 24.3 Å².